The number of esters is 4. The highest BCUT2D eigenvalue weighted by molar-refractivity contribution is 7.47. The number of phosphoric acid groups is 2. The Balaban J connectivity index is 5.23. The van der Waals surface area contributed by atoms with Crippen LogP contribution in [0.2, 0.25) is 0 Å². The second kappa shape index (κ2) is 74.8. The van der Waals surface area contributed by atoms with E-state index in [9.17, 15) is 43.2 Å². The van der Waals surface area contributed by atoms with E-state index < -0.39 is 97.5 Å². The molecule has 4 unspecified atom stereocenters. The Kier molecular flexibility index (Phi) is 73.4. The third kappa shape index (κ3) is 77.2. The fourth-order valence-electron chi connectivity index (χ4n) is 13.3. The molecular weight excluding hydrogens is 1370 g/mol. The summed E-state index contributed by atoms with van der Waals surface area (Å²) in [5.41, 5.74) is 0. The van der Waals surface area contributed by atoms with E-state index in [4.69, 9.17) is 37.0 Å². The first kappa shape index (κ1) is 103. The molecule has 624 valence electrons. The van der Waals surface area contributed by atoms with Crippen LogP contribution in [0.25, 0.3) is 0 Å². The van der Waals surface area contributed by atoms with Gasteiger partial charge in [-0.15, -0.1) is 0 Å². The smallest absolute Gasteiger partial charge is 0.462 e. The van der Waals surface area contributed by atoms with Crippen molar-refractivity contribution >= 4 is 39.5 Å². The normalized spacial score (nSPS) is 14.4. The number of unbranched alkanes of at least 4 members (excludes halogenated alkanes) is 47. The molecule has 0 radical (unpaired) electrons. The highest BCUT2D eigenvalue weighted by atomic mass is 31.2. The summed E-state index contributed by atoms with van der Waals surface area (Å²) in [6, 6.07) is 0. The Morgan fingerprint density at radius 2 is 0.457 bits per heavy atom. The van der Waals surface area contributed by atoms with Crippen LogP contribution in [0, 0.1) is 23.7 Å². The predicted octanol–water partition coefficient (Wildman–Crippen LogP) is 25.9. The van der Waals surface area contributed by atoms with Gasteiger partial charge in [0.05, 0.1) is 26.4 Å². The van der Waals surface area contributed by atoms with E-state index in [2.05, 4.69) is 55.4 Å². The molecule has 0 amide bonds. The zero-order valence-electron chi connectivity index (χ0n) is 69.4. The van der Waals surface area contributed by atoms with E-state index in [-0.39, 0.29) is 25.7 Å². The van der Waals surface area contributed by atoms with Gasteiger partial charge in [-0.05, 0) is 49.4 Å². The van der Waals surface area contributed by atoms with Gasteiger partial charge >= 0.3 is 39.5 Å². The van der Waals surface area contributed by atoms with Crippen molar-refractivity contribution in [1.82, 2.24) is 0 Å². The van der Waals surface area contributed by atoms with Crippen LogP contribution < -0.4 is 0 Å². The maximum absolute atomic E-state index is 13.1. The van der Waals surface area contributed by atoms with E-state index in [1.165, 1.54) is 244 Å². The van der Waals surface area contributed by atoms with Crippen molar-refractivity contribution < 1.29 is 80.2 Å². The van der Waals surface area contributed by atoms with Gasteiger partial charge in [-0.2, -0.15) is 0 Å². The Morgan fingerprint density at radius 1 is 0.267 bits per heavy atom. The fourth-order valence-corrected chi connectivity index (χ4v) is 14.8. The van der Waals surface area contributed by atoms with E-state index >= 15 is 0 Å². The second-order valence-electron chi connectivity index (χ2n) is 32.4. The van der Waals surface area contributed by atoms with E-state index in [1.54, 1.807) is 0 Å². The molecule has 0 aliphatic heterocycles. The van der Waals surface area contributed by atoms with Crippen molar-refractivity contribution in [3.05, 3.63) is 0 Å². The van der Waals surface area contributed by atoms with Gasteiger partial charge in [0, 0.05) is 25.7 Å². The van der Waals surface area contributed by atoms with E-state index in [1.807, 2.05) is 0 Å². The zero-order chi connectivity index (χ0) is 77.4. The Labute approximate surface area is 645 Å². The third-order valence-corrected chi connectivity index (χ3v) is 22.7. The second-order valence-corrected chi connectivity index (χ2v) is 35.3. The van der Waals surface area contributed by atoms with Crippen LogP contribution in [0.1, 0.15) is 447 Å². The van der Waals surface area contributed by atoms with Crippen LogP contribution in [0.3, 0.4) is 0 Å². The molecule has 0 aromatic heterocycles. The van der Waals surface area contributed by atoms with Gasteiger partial charge in [0.25, 0.3) is 0 Å². The number of aliphatic hydroxyl groups excluding tert-OH is 1. The Bertz CT molecular complexity index is 2050. The molecule has 0 aromatic carbocycles. The van der Waals surface area contributed by atoms with Crippen molar-refractivity contribution in [1.29, 1.82) is 0 Å². The molecule has 0 spiro atoms. The first-order valence-corrected chi connectivity index (χ1v) is 47.3. The van der Waals surface area contributed by atoms with Gasteiger partial charge in [0.2, 0.25) is 0 Å². The largest absolute Gasteiger partial charge is 0.472 e. The predicted molar refractivity (Wildman–Crippen MR) is 432 cm³/mol. The molecule has 0 rings (SSSR count). The van der Waals surface area contributed by atoms with Gasteiger partial charge in [-0.3, -0.25) is 37.3 Å². The minimum atomic E-state index is -4.97. The summed E-state index contributed by atoms with van der Waals surface area (Å²) in [5, 5.41) is 10.7. The van der Waals surface area contributed by atoms with Crippen LogP contribution in [-0.4, -0.2) is 96.7 Å². The molecule has 0 aliphatic carbocycles. The molecule has 0 saturated carbocycles. The molecule has 17 nitrogen and oxygen atoms in total. The topological polar surface area (TPSA) is 237 Å². The highest BCUT2D eigenvalue weighted by Crippen LogP contribution is 2.45. The van der Waals surface area contributed by atoms with E-state index in [0.717, 1.165) is 120 Å². The molecule has 0 bridgehead atoms. The lowest BCUT2D eigenvalue weighted by atomic mass is 9.99. The maximum Gasteiger partial charge on any atom is 0.472 e. The quantitative estimate of drug-likeness (QED) is 0.0222. The number of ether oxygens (including phenoxy) is 4. The average molecular weight is 1540 g/mol. The van der Waals surface area contributed by atoms with Crippen molar-refractivity contribution in [2.24, 2.45) is 23.7 Å². The molecule has 3 N–H and O–H groups in total. The number of aliphatic hydroxyl groups is 1. The molecular formula is C86H168O17P2. The summed E-state index contributed by atoms with van der Waals surface area (Å²) < 4.78 is 68.9. The van der Waals surface area contributed by atoms with Gasteiger partial charge in [-0.25, -0.2) is 9.13 Å². The minimum Gasteiger partial charge on any atom is -0.462 e. The lowest BCUT2D eigenvalue weighted by molar-refractivity contribution is -0.161. The first-order chi connectivity index (χ1) is 50.7. The van der Waals surface area contributed by atoms with Gasteiger partial charge in [0.1, 0.15) is 19.3 Å². The number of hydrogen-bond acceptors (Lipinski definition) is 15. The summed E-state index contributed by atoms with van der Waals surface area (Å²) in [5.74, 6) is 1.08. The minimum absolute atomic E-state index is 0.106. The average Bonchev–Trinajstić information content (AvgIpc) is 0.902. The van der Waals surface area contributed by atoms with Crippen molar-refractivity contribution in [2.45, 2.75) is 465 Å². The summed E-state index contributed by atoms with van der Waals surface area (Å²) in [7, 11) is -9.93. The SMILES string of the molecule is CCC(C)CCCCCCCCCCCCCCCCCCCCC(=O)O[C@H](COC(=O)CCCCCCCCCCCCCCCCCC(C)C)COP(=O)(O)OC[C@@H](O)COP(=O)(O)OC[C@@H](COC(=O)CCCCCCCCC(C)CC)OC(=O)CCCCCCCCCCCCCCC(C)C. The van der Waals surface area contributed by atoms with Crippen LogP contribution in [0.5, 0.6) is 0 Å². The number of hydrogen-bond donors (Lipinski definition) is 3. The zero-order valence-corrected chi connectivity index (χ0v) is 71.2. The van der Waals surface area contributed by atoms with Crippen LogP contribution in [0.15, 0.2) is 0 Å². The summed E-state index contributed by atoms with van der Waals surface area (Å²) in [6.07, 6.45) is 63.9. The molecule has 7 atom stereocenters. The number of carbonyl (C=O) groups is 4. The molecule has 0 fully saturated rings. The standard InChI is InChI=1S/C86H168O17P2/c1-9-78(7)64-56-48-40-34-28-21-17-13-11-12-14-18-23-30-36-42-52-60-68-85(90)102-81(72-96-83(88)66-58-50-41-35-29-22-19-15-16-20-26-32-38-46-54-62-76(3)4)74-100-104(92,93)98-70-80(87)71-99-105(94,95)101-75-82(73-97-84(89)67-59-51-45-44-49-57-65-79(8)10-2)103-86(91)69-61-53-43-37-31-25-24-27-33-39-47-55-63-77(5)6/h76-82,87H,9-75H2,1-8H3,(H,92,93)(H,94,95)/t78?,79?,80-,81-,82-/m1/s1. The number of carbonyl (C=O) groups excluding carboxylic acids is 4. The van der Waals surface area contributed by atoms with Crippen LogP contribution in [0.4, 0.5) is 0 Å². The van der Waals surface area contributed by atoms with Crippen molar-refractivity contribution in [2.75, 3.05) is 39.6 Å². The van der Waals surface area contributed by atoms with Crippen molar-refractivity contribution in [3.8, 4) is 0 Å². The third-order valence-electron chi connectivity index (χ3n) is 20.8. The summed E-state index contributed by atoms with van der Waals surface area (Å²) in [6.45, 7) is 14.3. The number of phosphoric ester groups is 2. The Hall–Kier alpha value is -1.94. The molecule has 0 aromatic rings. The van der Waals surface area contributed by atoms with Gasteiger partial charge in [0.15, 0.2) is 12.2 Å². The van der Waals surface area contributed by atoms with Crippen molar-refractivity contribution in [3.63, 3.8) is 0 Å². The van der Waals surface area contributed by atoms with Gasteiger partial charge < -0.3 is 33.8 Å². The lowest BCUT2D eigenvalue weighted by Gasteiger charge is -2.21. The fraction of sp³-hybridized carbons (Fsp3) is 0.953. The Morgan fingerprint density at radius 3 is 0.676 bits per heavy atom. The summed E-state index contributed by atoms with van der Waals surface area (Å²) in [4.78, 5) is 73.2. The monoisotopic (exact) mass is 1540 g/mol. The summed E-state index contributed by atoms with van der Waals surface area (Å²) >= 11 is 0. The number of rotatable bonds is 83. The lowest BCUT2D eigenvalue weighted by Crippen LogP contribution is -2.30. The van der Waals surface area contributed by atoms with Gasteiger partial charge in [-0.1, -0.05) is 396 Å². The first-order valence-electron chi connectivity index (χ1n) is 44.3. The molecule has 0 saturated heterocycles. The molecule has 0 aliphatic rings. The molecule has 19 heteroatoms. The molecule has 105 heavy (non-hydrogen) atoms. The molecule has 0 heterocycles. The van der Waals surface area contributed by atoms with E-state index in [0.29, 0.717) is 25.7 Å². The van der Waals surface area contributed by atoms with Crippen LogP contribution in [-0.2, 0) is 65.4 Å². The van der Waals surface area contributed by atoms with Crippen LogP contribution >= 0.6 is 15.6 Å². The highest BCUT2D eigenvalue weighted by Gasteiger charge is 2.31. The maximum atomic E-state index is 13.1.